The Balaban J connectivity index is 1.51. The van der Waals surface area contributed by atoms with Crippen LogP contribution in [-0.4, -0.2) is 0 Å². The van der Waals surface area contributed by atoms with E-state index in [1.807, 2.05) is 0 Å². The molecule has 0 aromatic heterocycles. The highest BCUT2D eigenvalue weighted by molar-refractivity contribution is 5.35. The maximum absolute atomic E-state index is 2.70. The first-order valence-electron chi connectivity index (χ1n) is 12.2. The van der Waals surface area contributed by atoms with Crippen molar-refractivity contribution in [1.82, 2.24) is 0 Å². The van der Waals surface area contributed by atoms with E-state index in [0.717, 1.165) is 35.5 Å². The molecular weight excluding hydrogens is 324 g/mol. The molecule has 7 atom stereocenters. The van der Waals surface area contributed by atoms with Crippen LogP contribution in [0.3, 0.4) is 0 Å². The lowest BCUT2D eigenvalue weighted by atomic mass is 9.48. The van der Waals surface area contributed by atoms with E-state index in [4.69, 9.17) is 0 Å². The van der Waals surface area contributed by atoms with Crippen molar-refractivity contribution in [3.05, 3.63) is 23.8 Å². The van der Waals surface area contributed by atoms with Gasteiger partial charge in [0.25, 0.3) is 0 Å². The number of hydrogen-bond acceptors (Lipinski definition) is 0. The second-order valence-electron chi connectivity index (χ2n) is 11.6. The number of fused-ring (bicyclic) bond motifs is 5. The summed E-state index contributed by atoms with van der Waals surface area (Å²) < 4.78 is 0. The maximum atomic E-state index is 2.70. The third-order valence-corrected chi connectivity index (χ3v) is 9.77. The highest BCUT2D eigenvalue weighted by Crippen LogP contribution is 2.66. The predicted molar refractivity (Wildman–Crippen MR) is 118 cm³/mol. The molecule has 0 aliphatic heterocycles. The Morgan fingerprint density at radius 3 is 2.59 bits per heavy atom. The molecule has 0 aromatic rings. The molecule has 2 fully saturated rings. The van der Waals surface area contributed by atoms with Crippen LogP contribution in [0.4, 0.5) is 0 Å². The highest BCUT2D eigenvalue weighted by atomic mass is 14.6. The zero-order valence-electron chi connectivity index (χ0n) is 18.8. The summed E-state index contributed by atoms with van der Waals surface area (Å²) in [5.41, 5.74) is 2.78. The molecule has 0 nitrogen and oxygen atoms in total. The fraction of sp³-hybridized carbons (Fsp3) is 0.852. The lowest BCUT2D eigenvalue weighted by Gasteiger charge is -2.56. The van der Waals surface area contributed by atoms with Gasteiger partial charge in [-0.2, -0.15) is 0 Å². The van der Waals surface area contributed by atoms with E-state index < -0.39 is 0 Å². The van der Waals surface area contributed by atoms with Crippen LogP contribution >= 0.6 is 0 Å². The van der Waals surface area contributed by atoms with Gasteiger partial charge in [-0.1, -0.05) is 72.1 Å². The van der Waals surface area contributed by atoms with Crippen LogP contribution < -0.4 is 0 Å². The minimum absolute atomic E-state index is 0.486. The normalized spacial score (nSPS) is 44.4. The van der Waals surface area contributed by atoms with Crippen molar-refractivity contribution in [3.8, 4) is 0 Å². The van der Waals surface area contributed by atoms with Crippen LogP contribution in [0.1, 0.15) is 98.8 Å². The molecular formula is C27H44. The van der Waals surface area contributed by atoms with Crippen molar-refractivity contribution < 1.29 is 0 Å². The Kier molecular flexibility index (Phi) is 5.41. The number of rotatable bonds is 5. The molecule has 0 amide bonds. The van der Waals surface area contributed by atoms with Gasteiger partial charge in [0.2, 0.25) is 0 Å². The summed E-state index contributed by atoms with van der Waals surface area (Å²) in [6.07, 6.45) is 22.2. The topological polar surface area (TPSA) is 0 Å². The van der Waals surface area contributed by atoms with E-state index in [2.05, 4.69) is 52.8 Å². The monoisotopic (exact) mass is 368 g/mol. The third kappa shape index (κ3) is 3.28. The number of allylic oxidation sites excluding steroid dienone is 4. The van der Waals surface area contributed by atoms with Gasteiger partial charge in [-0.15, -0.1) is 0 Å². The van der Waals surface area contributed by atoms with Crippen molar-refractivity contribution in [2.45, 2.75) is 98.8 Å². The molecule has 4 aliphatic carbocycles. The molecule has 0 heterocycles. The smallest absolute Gasteiger partial charge is 0.00445 e. The van der Waals surface area contributed by atoms with E-state index in [1.165, 1.54) is 64.2 Å². The Morgan fingerprint density at radius 1 is 1.00 bits per heavy atom. The lowest BCUT2D eigenvalue weighted by molar-refractivity contribution is -0.0264. The van der Waals surface area contributed by atoms with Crippen LogP contribution in [0.15, 0.2) is 23.8 Å². The first-order chi connectivity index (χ1) is 12.9. The van der Waals surface area contributed by atoms with Crippen LogP contribution in [0.5, 0.6) is 0 Å². The SMILES string of the molecule is CC(C)CCC[C@H](C)[C@H]1CC[C@H]2[C@@H]3C=CC4=CCCC[C@]4(C)[C@H]3CC[C@]12C. The van der Waals surface area contributed by atoms with Crippen molar-refractivity contribution >= 4 is 0 Å². The Hall–Kier alpha value is -0.520. The molecule has 27 heavy (non-hydrogen) atoms. The van der Waals surface area contributed by atoms with Gasteiger partial charge in [0, 0.05) is 0 Å². The molecule has 0 spiro atoms. The van der Waals surface area contributed by atoms with Crippen LogP contribution in [-0.2, 0) is 0 Å². The third-order valence-electron chi connectivity index (χ3n) is 9.77. The fourth-order valence-corrected chi connectivity index (χ4v) is 8.21. The average Bonchev–Trinajstić information content (AvgIpc) is 2.98. The number of hydrogen-bond donors (Lipinski definition) is 0. The van der Waals surface area contributed by atoms with Gasteiger partial charge >= 0.3 is 0 Å². The van der Waals surface area contributed by atoms with Gasteiger partial charge in [0.05, 0.1) is 0 Å². The highest BCUT2D eigenvalue weighted by Gasteiger charge is 2.58. The second-order valence-corrected chi connectivity index (χ2v) is 11.6. The molecule has 0 saturated heterocycles. The van der Waals surface area contributed by atoms with Gasteiger partial charge in [-0.3, -0.25) is 0 Å². The first-order valence-corrected chi connectivity index (χ1v) is 12.2. The molecule has 0 unspecified atom stereocenters. The molecule has 2 saturated carbocycles. The molecule has 0 bridgehead atoms. The predicted octanol–water partition coefficient (Wildman–Crippen LogP) is 8.19. The van der Waals surface area contributed by atoms with Crippen LogP contribution in [0, 0.1) is 46.3 Å². The Morgan fingerprint density at radius 2 is 1.81 bits per heavy atom. The van der Waals surface area contributed by atoms with Crippen LogP contribution in [0.25, 0.3) is 0 Å². The molecule has 0 N–H and O–H groups in total. The summed E-state index contributed by atoms with van der Waals surface area (Å²) >= 11 is 0. The Bertz CT molecular complexity index is 595. The zero-order valence-corrected chi connectivity index (χ0v) is 18.8. The van der Waals surface area contributed by atoms with Gasteiger partial charge in [-0.25, -0.2) is 0 Å². The quantitative estimate of drug-likeness (QED) is 0.459. The summed E-state index contributed by atoms with van der Waals surface area (Å²) in [5, 5.41) is 0. The lowest BCUT2D eigenvalue weighted by Crippen LogP contribution is -2.49. The van der Waals surface area contributed by atoms with E-state index >= 15 is 0 Å². The first kappa shape index (κ1) is 19.8. The van der Waals surface area contributed by atoms with Gasteiger partial charge < -0.3 is 0 Å². The van der Waals surface area contributed by atoms with E-state index in [-0.39, 0.29) is 0 Å². The largest absolute Gasteiger partial charge is 0.0808 e. The zero-order chi connectivity index (χ0) is 19.2. The Labute approximate surface area is 169 Å². The summed E-state index contributed by atoms with van der Waals surface area (Å²) in [5.74, 6) is 5.48. The fourth-order valence-electron chi connectivity index (χ4n) is 8.21. The molecule has 0 heteroatoms. The average molecular weight is 369 g/mol. The molecule has 4 rings (SSSR count). The molecule has 0 aromatic carbocycles. The molecule has 4 aliphatic rings. The van der Waals surface area contributed by atoms with Gasteiger partial charge in [0.15, 0.2) is 0 Å². The van der Waals surface area contributed by atoms with Crippen molar-refractivity contribution in [3.63, 3.8) is 0 Å². The van der Waals surface area contributed by atoms with Gasteiger partial charge in [-0.05, 0) is 96.9 Å². The van der Waals surface area contributed by atoms with Crippen molar-refractivity contribution in [1.29, 1.82) is 0 Å². The second kappa shape index (κ2) is 7.38. The summed E-state index contributed by atoms with van der Waals surface area (Å²) in [4.78, 5) is 0. The van der Waals surface area contributed by atoms with Gasteiger partial charge in [0.1, 0.15) is 0 Å². The maximum Gasteiger partial charge on any atom is -0.00445 e. The van der Waals surface area contributed by atoms with E-state index in [0.29, 0.717) is 10.8 Å². The van der Waals surface area contributed by atoms with E-state index in [1.54, 1.807) is 5.57 Å². The van der Waals surface area contributed by atoms with E-state index in [9.17, 15) is 0 Å². The summed E-state index contributed by atoms with van der Waals surface area (Å²) in [6.45, 7) is 12.7. The van der Waals surface area contributed by atoms with Crippen molar-refractivity contribution in [2.24, 2.45) is 46.3 Å². The minimum atomic E-state index is 0.486. The summed E-state index contributed by atoms with van der Waals surface area (Å²) in [6, 6.07) is 0. The minimum Gasteiger partial charge on any atom is -0.0808 e. The van der Waals surface area contributed by atoms with Crippen molar-refractivity contribution in [2.75, 3.05) is 0 Å². The molecule has 0 radical (unpaired) electrons. The summed E-state index contributed by atoms with van der Waals surface area (Å²) in [7, 11) is 0. The molecule has 152 valence electrons. The standard InChI is InChI=1S/C27H44/c1-19(2)9-8-10-20(3)23-14-15-24-22-13-12-21-11-6-7-17-26(21,4)25(22)16-18-27(23,24)5/h11-13,19-20,22-25H,6-10,14-18H2,1-5H3/t20-,22-,23+,24-,25-,26-,27+/m0/s1. The van der Waals surface area contributed by atoms with Crippen LogP contribution in [0.2, 0.25) is 0 Å².